The van der Waals surface area contributed by atoms with Crippen molar-refractivity contribution in [3.8, 4) is 5.75 Å². The molecular weight excluding hydrogens is 396 g/mol. The lowest BCUT2D eigenvalue weighted by Gasteiger charge is -2.01. The van der Waals surface area contributed by atoms with Gasteiger partial charge in [-0.15, -0.1) is 11.3 Å². The number of thiazole rings is 1. The fraction of sp³-hybridized carbons (Fsp3) is 0.300. The molecule has 3 aromatic rings. The quantitative estimate of drug-likeness (QED) is 0.484. The van der Waals surface area contributed by atoms with Crippen molar-refractivity contribution >= 4 is 55.5 Å². The Hall–Kier alpha value is -2.58. The molecule has 2 heterocycles. The van der Waals surface area contributed by atoms with E-state index in [1.807, 2.05) is 36.6 Å². The predicted molar refractivity (Wildman–Crippen MR) is 112 cm³/mol. The van der Waals surface area contributed by atoms with Crippen LogP contribution in [0, 0.1) is 0 Å². The van der Waals surface area contributed by atoms with E-state index < -0.39 is 0 Å². The third-order valence-corrected chi connectivity index (χ3v) is 5.82. The number of ether oxygens (including phenoxy) is 1. The van der Waals surface area contributed by atoms with Crippen LogP contribution in [0.3, 0.4) is 0 Å². The van der Waals surface area contributed by atoms with Crippen LogP contribution < -0.4 is 10.1 Å². The second kappa shape index (κ2) is 9.57. The minimum atomic E-state index is -0.262. The average Bonchev–Trinajstić information content (AvgIpc) is 3.34. The Balaban J connectivity index is 1.45. The maximum Gasteiger partial charge on any atom is 0.226 e. The van der Waals surface area contributed by atoms with E-state index in [1.165, 1.54) is 22.7 Å². The highest BCUT2D eigenvalue weighted by molar-refractivity contribution is 7.22. The summed E-state index contributed by atoms with van der Waals surface area (Å²) < 4.78 is 6.38. The molecule has 3 rings (SSSR count). The number of fused-ring (bicyclic) bond motifs is 1. The van der Waals surface area contributed by atoms with Crippen molar-refractivity contribution in [2.24, 2.45) is 0 Å². The fourth-order valence-corrected chi connectivity index (χ4v) is 4.19. The van der Waals surface area contributed by atoms with E-state index in [4.69, 9.17) is 4.74 Å². The van der Waals surface area contributed by atoms with Crippen molar-refractivity contribution in [1.82, 2.24) is 4.98 Å². The number of carbonyl (C=O) groups excluding carboxylic acids is 3. The Morgan fingerprint density at radius 1 is 1.11 bits per heavy atom. The summed E-state index contributed by atoms with van der Waals surface area (Å²) in [5.41, 5.74) is 0.784. The number of rotatable bonds is 10. The van der Waals surface area contributed by atoms with E-state index in [0.717, 1.165) is 16.0 Å². The van der Waals surface area contributed by atoms with Crippen LogP contribution in [-0.2, 0) is 9.59 Å². The van der Waals surface area contributed by atoms with Gasteiger partial charge >= 0.3 is 0 Å². The van der Waals surface area contributed by atoms with Crippen LogP contribution in [0.15, 0.2) is 35.7 Å². The number of hydrogen-bond donors (Lipinski definition) is 1. The third-order valence-electron chi connectivity index (χ3n) is 3.98. The van der Waals surface area contributed by atoms with Crippen LogP contribution >= 0.6 is 22.7 Å². The largest absolute Gasteiger partial charge is 0.494 e. The Bertz CT molecular complexity index is 979. The third kappa shape index (κ3) is 5.46. The molecule has 28 heavy (non-hydrogen) atoms. The van der Waals surface area contributed by atoms with Gasteiger partial charge in [-0.2, -0.15) is 0 Å². The highest BCUT2D eigenvalue weighted by Gasteiger charge is 2.13. The van der Waals surface area contributed by atoms with Crippen molar-refractivity contribution in [1.29, 1.82) is 0 Å². The summed E-state index contributed by atoms with van der Waals surface area (Å²) in [6.07, 6.45) is 0.529. The molecule has 1 amide bonds. The highest BCUT2D eigenvalue weighted by atomic mass is 32.1. The summed E-state index contributed by atoms with van der Waals surface area (Å²) in [5.74, 6) is 0.376. The summed E-state index contributed by atoms with van der Waals surface area (Å²) in [6, 6.07) is 9.14. The molecule has 1 N–H and O–H groups in total. The standard InChI is InChI=1S/C20H20N2O4S2/c1-2-26-14-7-8-15-18(12-14)28-20(21-15)22-19(25)10-6-13(23)5-9-16(24)17-4-3-11-27-17/h3-4,7-8,11-12H,2,5-6,9-10H2,1H3,(H,21,22,25). The van der Waals surface area contributed by atoms with Gasteiger partial charge in [0.25, 0.3) is 0 Å². The zero-order valence-electron chi connectivity index (χ0n) is 15.4. The van der Waals surface area contributed by atoms with E-state index in [0.29, 0.717) is 16.6 Å². The number of amides is 1. The van der Waals surface area contributed by atoms with E-state index in [-0.39, 0.29) is 43.2 Å². The molecule has 0 saturated carbocycles. The van der Waals surface area contributed by atoms with Gasteiger partial charge in [0, 0.05) is 25.7 Å². The Morgan fingerprint density at radius 3 is 2.68 bits per heavy atom. The molecule has 0 radical (unpaired) electrons. The second-order valence-electron chi connectivity index (χ2n) is 6.07. The number of anilines is 1. The SMILES string of the molecule is CCOc1ccc2nc(NC(=O)CCC(=O)CCC(=O)c3cccs3)sc2c1. The number of nitrogens with one attached hydrogen (secondary N) is 1. The first-order chi connectivity index (χ1) is 13.5. The van der Waals surface area contributed by atoms with E-state index in [9.17, 15) is 14.4 Å². The van der Waals surface area contributed by atoms with E-state index in [2.05, 4.69) is 10.3 Å². The molecule has 0 atom stereocenters. The number of nitrogens with zero attached hydrogens (tertiary/aromatic N) is 1. The van der Waals surface area contributed by atoms with Crippen molar-refractivity contribution in [3.05, 3.63) is 40.6 Å². The molecule has 0 aliphatic heterocycles. The lowest BCUT2D eigenvalue weighted by Crippen LogP contribution is -2.13. The molecule has 0 bridgehead atoms. The Kier molecular flexibility index (Phi) is 6.89. The van der Waals surface area contributed by atoms with E-state index in [1.54, 1.807) is 6.07 Å². The minimum absolute atomic E-state index is 0.0336. The zero-order valence-corrected chi connectivity index (χ0v) is 17.0. The smallest absolute Gasteiger partial charge is 0.226 e. The van der Waals surface area contributed by atoms with E-state index >= 15 is 0 Å². The molecule has 6 nitrogen and oxygen atoms in total. The minimum Gasteiger partial charge on any atom is -0.494 e. The summed E-state index contributed by atoms with van der Waals surface area (Å²) in [6.45, 7) is 2.50. The van der Waals surface area contributed by atoms with Crippen molar-refractivity contribution in [3.63, 3.8) is 0 Å². The molecule has 0 aliphatic rings. The summed E-state index contributed by atoms with van der Waals surface area (Å²) in [7, 11) is 0. The van der Waals surface area contributed by atoms with Gasteiger partial charge in [-0.1, -0.05) is 17.4 Å². The normalized spacial score (nSPS) is 10.8. The summed E-state index contributed by atoms with van der Waals surface area (Å²) >= 11 is 2.73. The van der Waals surface area contributed by atoms with Gasteiger partial charge in [0.2, 0.25) is 5.91 Å². The molecule has 146 valence electrons. The van der Waals surface area contributed by atoms with Gasteiger partial charge in [0.15, 0.2) is 10.9 Å². The number of Topliss-reactive ketones (excluding diaryl/α,β-unsaturated/α-hetero) is 2. The first-order valence-corrected chi connectivity index (χ1v) is 10.7. The number of aromatic nitrogens is 1. The number of carbonyl (C=O) groups is 3. The number of thiophene rings is 1. The van der Waals surface area contributed by atoms with Crippen LogP contribution in [-0.4, -0.2) is 29.1 Å². The van der Waals surface area contributed by atoms with Gasteiger partial charge in [-0.05, 0) is 36.6 Å². The van der Waals surface area contributed by atoms with Crippen LogP contribution in [0.1, 0.15) is 42.3 Å². The first-order valence-electron chi connectivity index (χ1n) is 8.97. The lowest BCUT2D eigenvalue weighted by atomic mass is 10.1. The maximum atomic E-state index is 12.1. The average molecular weight is 417 g/mol. The summed E-state index contributed by atoms with van der Waals surface area (Å²) in [4.78, 5) is 41.0. The van der Waals surface area contributed by atoms with Gasteiger partial charge in [-0.25, -0.2) is 4.98 Å². The monoisotopic (exact) mass is 416 g/mol. The fourth-order valence-electron chi connectivity index (χ4n) is 2.59. The van der Waals surface area contributed by atoms with Crippen molar-refractivity contribution in [2.75, 3.05) is 11.9 Å². The topological polar surface area (TPSA) is 85.4 Å². The number of hydrogen-bond acceptors (Lipinski definition) is 7. The first kappa shape index (κ1) is 20.2. The Morgan fingerprint density at radius 2 is 1.93 bits per heavy atom. The molecule has 0 fully saturated rings. The molecule has 0 aliphatic carbocycles. The second-order valence-corrected chi connectivity index (χ2v) is 8.05. The van der Waals surface area contributed by atoms with Gasteiger partial charge in [0.05, 0.1) is 21.7 Å². The number of ketones is 2. The molecule has 8 heteroatoms. The molecule has 0 spiro atoms. The maximum absolute atomic E-state index is 12.1. The van der Waals surface area contributed by atoms with Crippen LogP contribution in [0.2, 0.25) is 0 Å². The van der Waals surface area contributed by atoms with Crippen LogP contribution in [0.4, 0.5) is 5.13 Å². The van der Waals surface area contributed by atoms with Crippen molar-refractivity contribution < 1.29 is 19.1 Å². The molecule has 2 aromatic heterocycles. The van der Waals surface area contributed by atoms with Crippen LogP contribution in [0.5, 0.6) is 5.75 Å². The lowest BCUT2D eigenvalue weighted by molar-refractivity contribution is -0.122. The number of benzene rings is 1. The Labute approximate surface area is 170 Å². The van der Waals surface area contributed by atoms with Gasteiger partial charge in [0.1, 0.15) is 11.5 Å². The zero-order chi connectivity index (χ0) is 19.9. The highest BCUT2D eigenvalue weighted by Crippen LogP contribution is 2.29. The molecular formula is C20H20N2O4S2. The van der Waals surface area contributed by atoms with Crippen LogP contribution in [0.25, 0.3) is 10.2 Å². The summed E-state index contributed by atoms with van der Waals surface area (Å²) in [5, 5.41) is 5.06. The molecule has 0 unspecified atom stereocenters. The van der Waals surface area contributed by atoms with Crippen molar-refractivity contribution in [2.45, 2.75) is 32.6 Å². The van der Waals surface area contributed by atoms with Gasteiger partial charge < -0.3 is 10.1 Å². The van der Waals surface area contributed by atoms with Gasteiger partial charge in [-0.3, -0.25) is 14.4 Å². The predicted octanol–water partition coefficient (Wildman–Crippen LogP) is 4.71. The molecule has 0 saturated heterocycles. The molecule has 1 aromatic carbocycles.